The quantitative estimate of drug-likeness (QED) is 0.749. The highest BCUT2D eigenvalue weighted by molar-refractivity contribution is 5.55. The van der Waals surface area contributed by atoms with Gasteiger partial charge in [-0.3, -0.25) is 0 Å². The van der Waals surface area contributed by atoms with Crippen LogP contribution in [0.25, 0.3) is 11.4 Å². The Morgan fingerprint density at radius 3 is 2.71 bits per heavy atom. The van der Waals surface area contributed by atoms with Crippen LogP contribution in [0.15, 0.2) is 24.3 Å². The largest absolute Gasteiger partial charge is 0.247 e. The van der Waals surface area contributed by atoms with Gasteiger partial charge in [-0.25, -0.2) is 9.67 Å². The molecule has 0 saturated carbocycles. The molecule has 0 spiro atoms. The standard InChI is InChI=1S/C14H17N3/c1-10-6-8-12(9-7-10)14-15-13-5-3-4-11(2)17(13)16-14/h6-9,11H,3-5H2,1-2H3. The third-order valence-corrected chi connectivity index (χ3v) is 3.45. The van der Waals surface area contributed by atoms with Gasteiger partial charge >= 0.3 is 0 Å². The highest BCUT2D eigenvalue weighted by Crippen LogP contribution is 2.25. The zero-order chi connectivity index (χ0) is 11.8. The van der Waals surface area contributed by atoms with E-state index in [0.29, 0.717) is 6.04 Å². The first-order chi connectivity index (χ1) is 8.24. The Hall–Kier alpha value is -1.64. The summed E-state index contributed by atoms with van der Waals surface area (Å²) in [5.74, 6) is 2.01. The molecule has 17 heavy (non-hydrogen) atoms. The molecule has 1 aliphatic rings. The average molecular weight is 227 g/mol. The van der Waals surface area contributed by atoms with Gasteiger partial charge in [-0.15, -0.1) is 0 Å². The number of fused-ring (bicyclic) bond motifs is 1. The Morgan fingerprint density at radius 1 is 1.24 bits per heavy atom. The molecule has 0 aliphatic carbocycles. The topological polar surface area (TPSA) is 30.7 Å². The number of rotatable bonds is 1. The van der Waals surface area contributed by atoms with Crippen LogP contribution in [0.5, 0.6) is 0 Å². The van der Waals surface area contributed by atoms with Crippen LogP contribution in [-0.4, -0.2) is 14.8 Å². The van der Waals surface area contributed by atoms with Gasteiger partial charge in [0.25, 0.3) is 0 Å². The molecule has 1 atom stereocenters. The van der Waals surface area contributed by atoms with E-state index in [-0.39, 0.29) is 0 Å². The van der Waals surface area contributed by atoms with Crippen molar-refractivity contribution in [3.63, 3.8) is 0 Å². The molecule has 1 aromatic carbocycles. The summed E-state index contributed by atoms with van der Waals surface area (Å²) in [6.07, 6.45) is 3.50. The molecule has 0 saturated heterocycles. The van der Waals surface area contributed by atoms with Crippen LogP contribution in [0.4, 0.5) is 0 Å². The third kappa shape index (κ3) is 1.86. The lowest BCUT2D eigenvalue weighted by atomic mass is 10.1. The van der Waals surface area contributed by atoms with Crippen molar-refractivity contribution in [2.45, 2.75) is 39.2 Å². The number of hydrogen-bond donors (Lipinski definition) is 0. The fraction of sp³-hybridized carbons (Fsp3) is 0.429. The average Bonchev–Trinajstić information content (AvgIpc) is 2.75. The molecule has 1 aliphatic heterocycles. The van der Waals surface area contributed by atoms with Crippen molar-refractivity contribution in [1.82, 2.24) is 14.8 Å². The van der Waals surface area contributed by atoms with Gasteiger partial charge in [-0.05, 0) is 26.7 Å². The van der Waals surface area contributed by atoms with Gasteiger partial charge in [0.1, 0.15) is 5.82 Å². The first kappa shape index (κ1) is 10.5. The molecule has 0 radical (unpaired) electrons. The maximum Gasteiger partial charge on any atom is 0.181 e. The second-order valence-electron chi connectivity index (χ2n) is 4.90. The summed E-state index contributed by atoms with van der Waals surface area (Å²) in [5.41, 5.74) is 2.38. The van der Waals surface area contributed by atoms with Crippen LogP contribution in [0.3, 0.4) is 0 Å². The van der Waals surface area contributed by atoms with E-state index in [9.17, 15) is 0 Å². The SMILES string of the molecule is Cc1ccc(-c2nc3n(n2)C(C)CCC3)cc1. The number of nitrogens with zero attached hydrogens (tertiary/aromatic N) is 3. The van der Waals surface area contributed by atoms with E-state index < -0.39 is 0 Å². The van der Waals surface area contributed by atoms with Crippen molar-refractivity contribution >= 4 is 0 Å². The minimum Gasteiger partial charge on any atom is -0.247 e. The van der Waals surface area contributed by atoms with Crippen LogP contribution in [-0.2, 0) is 6.42 Å². The highest BCUT2D eigenvalue weighted by atomic mass is 15.4. The number of aromatic nitrogens is 3. The van der Waals surface area contributed by atoms with Gasteiger partial charge in [0.15, 0.2) is 5.82 Å². The molecule has 2 heterocycles. The first-order valence-electron chi connectivity index (χ1n) is 6.26. The van der Waals surface area contributed by atoms with Gasteiger partial charge in [-0.1, -0.05) is 29.8 Å². The third-order valence-electron chi connectivity index (χ3n) is 3.45. The Labute approximate surface area is 101 Å². The lowest BCUT2D eigenvalue weighted by Gasteiger charge is -2.18. The number of aryl methyl sites for hydroxylation is 2. The van der Waals surface area contributed by atoms with Crippen molar-refractivity contribution < 1.29 is 0 Å². The zero-order valence-electron chi connectivity index (χ0n) is 10.3. The fourth-order valence-corrected chi connectivity index (χ4v) is 2.38. The van der Waals surface area contributed by atoms with Crippen LogP contribution >= 0.6 is 0 Å². The molecule has 0 fully saturated rings. The van der Waals surface area contributed by atoms with Crippen LogP contribution < -0.4 is 0 Å². The highest BCUT2D eigenvalue weighted by Gasteiger charge is 2.19. The predicted octanol–water partition coefficient (Wildman–Crippen LogP) is 3.15. The van der Waals surface area contributed by atoms with E-state index >= 15 is 0 Å². The van der Waals surface area contributed by atoms with E-state index in [1.165, 1.54) is 18.4 Å². The molecular formula is C14H17N3. The molecular weight excluding hydrogens is 210 g/mol. The van der Waals surface area contributed by atoms with Gasteiger partial charge in [0, 0.05) is 12.0 Å². The van der Waals surface area contributed by atoms with Crippen molar-refractivity contribution in [3.05, 3.63) is 35.7 Å². The zero-order valence-corrected chi connectivity index (χ0v) is 10.3. The minimum atomic E-state index is 0.491. The van der Waals surface area contributed by atoms with Crippen molar-refractivity contribution in [3.8, 4) is 11.4 Å². The molecule has 0 N–H and O–H groups in total. The monoisotopic (exact) mass is 227 g/mol. The molecule has 3 heteroatoms. The van der Waals surface area contributed by atoms with E-state index in [1.807, 2.05) is 0 Å². The summed E-state index contributed by atoms with van der Waals surface area (Å²) in [6.45, 7) is 4.31. The van der Waals surface area contributed by atoms with Crippen LogP contribution in [0.1, 0.15) is 37.2 Å². The molecule has 1 unspecified atom stereocenters. The fourth-order valence-electron chi connectivity index (χ4n) is 2.38. The maximum atomic E-state index is 4.65. The summed E-state index contributed by atoms with van der Waals surface area (Å²) in [6, 6.07) is 8.91. The lowest BCUT2D eigenvalue weighted by Crippen LogP contribution is -2.16. The second kappa shape index (κ2) is 3.99. The minimum absolute atomic E-state index is 0.491. The predicted molar refractivity (Wildman–Crippen MR) is 67.8 cm³/mol. The van der Waals surface area contributed by atoms with E-state index in [0.717, 1.165) is 23.6 Å². The normalized spacial score (nSPS) is 19.1. The van der Waals surface area contributed by atoms with Gasteiger partial charge in [0.05, 0.1) is 6.04 Å². The number of hydrogen-bond acceptors (Lipinski definition) is 2. The second-order valence-corrected chi connectivity index (χ2v) is 4.90. The number of benzene rings is 1. The summed E-state index contributed by atoms with van der Waals surface area (Å²) in [7, 11) is 0. The van der Waals surface area contributed by atoms with Crippen molar-refractivity contribution in [1.29, 1.82) is 0 Å². The van der Waals surface area contributed by atoms with Crippen LogP contribution in [0, 0.1) is 6.92 Å². The maximum absolute atomic E-state index is 4.65. The summed E-state index contributed by atoms with van der Waals surface area (Å²) in [5, 5.41) is 4.64. The summed E-state index contributed by atoms with van der Waals surface area (Å²) < 4.78 is 2.10. The lowest BCUT2D eigenvalue weighted by molar-refractivity contribution is 0.389. The first-order valence-corrected chi connectivity index (χ1v) is 6.26. The Bertz CT molecular complexity index is 525. The van der Waals surface area contributed by atoms with Crippen molar-refractivity contribution in [2.24, 2.45) is 0 Å². The summed E-state index contributed by atoms with van der Waals surface area (Å²) in [4.78, 5) is 4.65. The van der Waals surface area contributed by atoms with Crippen LogP contribution in [0.2, 0.25) is 0 Å². The Kier molecular flexibility index (Phi) is 2.46. The Balaban J connectivity index is 2.02. The molecule has 0 bridgehead atoms. The van der Waals surface area contributed by atoms with E-state index in [4.69, 9.17) is 0 Å². The van der Waals surface area contributed by atoms with E-state index in [1.54, 1.807) is 0 Å². The van der Waals surface area contributed by atoms with Gasteiger partial charge in [0.2, 0.25) is 0 Å². The molecule has 3 nitrogen and oxygen atoms in total. The molecule has 88 valence electrons. The molecule has 0 amide bonds. The Morgan fingerprint density at radius 2 is 2.00 bits per heavy atom. The van der Waals surface area contributed by atoms with Gasteiger partial charge < -0.3 is 0 Å². The van der Waals surface area contributed by atoms with Crippen molar-refractivity contribution in [2.75, 3.05) is 0 Å². The molecule has 3 rings (SSSR count). The van der Waals surface area contributed by atoms with E-state index in [2.05, 4.69) is 52.9 Å². The van der Waals surface area contributed by atoms with Gasteiger partial charge in [-0.2, -0.15) is 5.10 Å². The molecule has 2 aromatic rings. The smallest absolute Gasteiger partial charge is 0.181 e. The molecule has 1 aromatic heterocycles. The summed E-state index contributed by atoms with van der Waals surface area (Å²) >= 11 is 0.